The first-order valence-electron chi connectivity index (χ1n) is 4.70. The summed E-state index contributed by atoms with van der Waals surface area (Å²) in [7, 11) is 0. The Balaban J connectivity index is 2.28. The summed E-state index contributed by atoms with van der Waals surface area (Å²) in [4.78, 5) is 30.1. The second-order valence-electron chi connectivity index (χ2n) is 2.73. The first kappa shape index (κ1) is 12.4. The normalized spacial score (nSPS) is 9.56. The van der Waals surface area contributed by atoms with Crippen molar-refractivity contribution in [3.8, 4) is 0 Å². The number of aromatic nitrogens is 2. The highest BCUT2D eigenvalue weighted by molar-refractivity contribution is 7.99. The van der Waals surface area contributed by atoms with Gasteiger partial charge in [-0.05, 0) is 13.0 Å². The SMILES string of the molecule is CCNC(=O)NC(=O)CSc1ncccn1. The van der Waals surface area contributed by atoms with E-state index < -0.39 is 6.03 Å². The fraction of sp³-hybridized carbons (Fsp3) is 0.333. The fourth-order valence-corrected chi connectivity index (χ4v) is 1.46. The molecule has 0 saturated heterocycles. The van der Waals surface area contributed by atoms with Crippen molar-refractivity contribution in [2.24, 2.45) is 0 Å². The van der Waals surface area contributed by atoms with Crippen LogP contribution < -0.4 is 10.6 Å². The average molecular weight is 240 g/mol. The molecule has 0 unspecified atom stereocenters. The van der Waals surface area contributed by atoms with Crippen molar-refractivity contribution in [1.29, 1.82) is 0 Å². The molecule has 1 heterocycles. The molecule has 1 rings (SSSR count). The number of hydrogen-bond donors (Lipinski definition) is 2. The minimum Gasteiger partial charge on any atom is -0.338 e. The third-order valence-electron chi connectivity index (χ3n) is 1.46. The van der Waals surface area contributed by atoms with E-state index >= 15 is 0 Å². The zero-order valence-corrected chi connectivity index (χ0v) is 9.58. The molecule has 6 nitrogen and oxygen atoms in total. The van der Waals surface area contributed by atoms with Crippen molar-refractivity contribution in [3.63, 3.8) is 0 Å². The Hall–Kier alpha value is -1.63. The van der Waals surface area contributed by atoms with Gasteiger partial charge in [0.2, 0.25) is 5.91 Å². The second kappa shape index (κ2) is 6.78. The Morgan fingerprint density at radius 1 is 1.38 bits per heavy atom. The van der Waals surface area contributed by atoms with Crippen molar-refractivity contribution < 1.29 is 9.59 Å². The van der Waals surface area contributed by atoms with Crippen LogP contribution in [0.1, 0.15) is 6.92 Å². The van der Waals surface area contributed by atoms with Crippen LogP contribution in [0.2, 0.25) is 0 Å². The van der Waals surface area contributed by atoms with Gasteiger partial charge in [0.15, 0.2) is 5.16 Å². The Morgan fingerprint density at radius 3 is 2.69 bits per heavy atom. The summed E-state index contributed by atoms with van der Waals surface area (Å²) in [6.45, 7) is 2.25. The summed E-state index contributed by atoms with van der Waals surface area (Å²) in [6, 6.07) is 1.21. The molecule has 0 atom stereocenters. The zero-order chi connectivity index (χ0) is 11.8. The predicted octanol–water partition coefficient (Wildman–Crippen LogP) is 0.414. The van der Waals surface area contributed by atoms with Crippen molar-refractivity contribution >= 4 is 23.7 Å². The van der Waals surface area contributed by atoms with Gasteiger partial charge in [-0.2, -0.15) is 0 Å². The van der Waals surface area contributed by atoms with E-state index in [-0.39, 0.29) is 11.7 Å². The maximum Gasteiger partial charge on any atom is 0.321 e. The number of hydrogen-bond acceptors (Lipinski definition) is 5. The molecule has 0 bridgehead atoms. The number of urea groups is 1. The molecule has 16 heavy (non-hydrogen) atoms. The molecule has 1 aromatic heterocycles. The molecule has 7 heteroatoms. The van der Waals surface area contributed by atoms with Gasteiger partial charge < -0.3 is 5.32 Å². The van der Waals surface area contributed by atoms with Gasteiger partial charge in [-0.3, -0.25) is 10.1 Å². The number of rotatable bonds is 4. The summed E-state index contributed by atoms with van der Waals surface area (Å²) < 4.78 is 0. The molecule has 0 fully saturated rings. The van der Waals surface area contributed by atoms with Gasteiger partial charge in [0.25, 0.3) is 0 Å². The lowest BCUT2D eigenvalue weighted by molar-refractivity contribution is -0.117. The highest BCUT2D eigenvalue weighted by Crippen LogP contribution is 2.09. The first-order chi connectivity index (χ1) is 7.72. The maximum absolute atomic E-state index is 11.3. The van der Waals surface area contributed by atoms with Gasteiger partial charge in [0, 0.05) is 18.9 Å². The number of amides is 3. The van der Waals surface area contributed by atoms with E-state index in [1.807, 2.05) is 0 Å². The molecule has 0 radical (unpaired) electrons. The maximum atomic E-state index is 11.3. The van der Waals surface area contributed by atoms with Crippen LogP contribution in [0.3, 0.4) is 0 Å². The molecule has 2 N–H and O–H groups in total. The lowest BCUT2D eigenvalue weighted by Gasteiger charge is -2.03. The topological polar surface area (TPSA) is 84.0 Å². The third kappa shape index (κ3) is 4.74. The molecule has 0 aromatic carbocycles. The Morgan fingerprint density at radius 2 is 2.06 bits per heavy atom. The number of carbonyl (C=O) groups is 2. The average Bonchev–Trinajstić information content (AvgIpc) is 2.28. The largest absolute Gasteiger partial charge is 0.338 e. The van der Waals surface area contributed by atoms with Gasteiger partial charge in [0.1, 0.15) is 0 Å². The molecule has 0 aliphatic rings. The summed E-state index contributed by atoms with van der Waals surface area (Å²) in [5, 5.41) is 5.16. The van der Waals surface area contributed by atoms with Gasteiger partial charge >= 0.3 is 6.03 Å². The number of carbonyl (C=O) groups excluding carboxylic acids is 2. The molecular weight excluding hydrogens is 228 g/mol. The predicted molar refractivity (Wildman–Crippen MR) is 60.0 cm³/mol. The minimum absolute atomic E-state index is 0.112. The van der Waals surface area contributed by atoms with Crippen LogP contribution in [0.5, 0.6) is 0 Å². The van der Waals surface area contributed by atoms with Crippen molar-refractivity contribution in [3.05, 3.63) is 18.5 Å². The van der Waals surface area contributed by atoms with Crippen molar-refractivity contribution in [2.75, 3.05) is 12.3 Å². The van der Waals surface area contributed by atoms with E-state index in [2.05, 4.69) is 20.6 Å². The van der Waals surface area contributed by atoms with Crippen molar-refractivity contribution in [1.82, 2.24) is 20.6 Å². The van der Waals surface area contributed by atoms with Crippen LogP contribution in [0.25, 0.3) is 0 Å². The van der Waals surface area contributed by atoms with Crippen LogP contribution in [-0.2, 0) is 4.79 Å². The monoisotopic (exact) mass is 240 g/mol. The third-order valence-corrected chi connectivity index (χ3v) is 2.34. The Kier molecular flexibility index (Phi) is 5.27. The molecule has 0 saturated carbocycles. The molecule has 3 amide bonds. The number of nitrogens with zero attached hydrogens (tertiary/aromatic N) is 2. The van der Waals surface area contributed by atoms with Crippen LogP contribution in [0, 0.1) is 0 Å². The standard InChI is InChI=1S/C9H12N4O2S/c1-2-10-8(15)13-7(14)6-16-9-11-4-3-5-12-9/h3-5H,2,6H2,1H3,(H2,10,13,14,15). The summed E-state index contributed by atoms with van der Waals surface area (Å²) in [5.74, 6) is -0.260. The lowest BCUT2D eigenvalue weighted by Crippen LogP contribution is -2.40. The lowest BCUT2D eigenvalue weighted by atomic mass is 10.6. The summed E-state index contributed by atoms with van der Waals surface area (Å²) in [6.07, 6.45) is 3.19. The first-order valence-corrected chi connectivity index (χ1v) is 5.68. The molecule has 0 aliphatic carbocycles. The van der Waals surface area contributed by atoms with Gasteiger partial charge in [-0.15, -0.1) is 0 Å². The van der Waals surface area contributed by atoms with Crippen LogP contribution in [0.15, 0.2) is 23.6 Å². The Labute approximate surface area is 97.2 Å². The molecule has 0 aliphatic heterocycles. The van der Waals surface area contributed by atoms with Crippen LogP contribution >= 0.6 is 11.8 Å². The van der Waals surface area contributed by atoms with E-state index in [0.717, 1.165) is 0 Å². The molecule has 1 aromatic rings. The zero-order valence-electron chi connectivity index (χ0n) is 8.77. The Bertz CT molecular complexity index is 358. The summed E-state index contributed by atoms with van der Waals surface area (Å²) in [5.41, 5.74) is 0. The van der Waals surface area contributed by atoms with Gasteiger partial charge in [-0.1, -0.05) is 11.8 Å². The smallest absolute Gasteiger partial charge is 0.321 e. The van der Waals surface area contributed by atoms with E-state index in [9.17, 15) is 9.59 Å². The number of imide groups is 1. The number of nitrogens with one attached hydrogen (secondary N) is 2. The van der Waals surface area contributed by atoms with E-state index in [4.69, 9.17) is 0 Å². The quantitative estimate of drug-likeness (QED) is 0.588. The summed E-state index contributed by atoms with van der Waals surface area (Å²) >= 11 is 1.17. The van der Waals surface area contributed by atoms with E-state index in [1.165, 1.54) is 11.8 Å². The fourth-order valence-electron chi connectivity index (χ4n) is 0.858. The highest BCUT2D eigenvalue weighted by atomic mass is 32.2. The van der Waals surface area contributed by atoms with Crippen LogP contribution in [-0.4, -0.2) is 34.2 Å². The molecule has 86 valence electrons. The van der Waals surface area contributed by atoms with Gasteiger partial charge in [0.05, 0.1) is 5.75 Å². The number of thioether (sulfide) groups is 1. The van der Waals surface area contributed by atoms with Crippen LogP contribution in [0.4, 0.5) is 4.79 Å². The highest BCUT2D eigenvalue weighted by Gasteiger charge is 2.07. The molecule has 0 spiro atoms. The van der Waals surface area contributed by atoms with Crippen molar-refractivity contribution in [2.45, 2.75) is 12.1 Å². The van der Waals surface area contributed by atoms with E-state index in [0.29, 0.717) is 11.7 Å². The van der Waals surface area contributed by atoms with E-state index in [1.54, 1.807) is 25.4 Å². The second-order valence-corrected chi connectivity index (χ2v) is 3.67. The van der Waals surface area contributed by atoms with Gasteiger partial charge in [-0.25, -0.2) is 14.8 Å². The minimum atomic E-state index is -0.484. The molecular formula is C9H12N4O2S.